The first-order valence-electron chi connectivity index (χ1n) is 5.91. The van der Waals surface area contributed by atoms with E-state index < -0.39 is 11.4 Å². The molecular formula is C14H18O3. The highest BCUT2D eigenvalue weighted by atomic mass is 16.5. The zero-order chi connectivity index (χ0) is 12.6. The first-order chi connectivity index (χ1) is 7.90. The average Bonchev–Trinajstić information content (AvgIpc) is 2.59. The van der Waals surface area contributed by atoms with Crippen LogP contribution in [0.5, 0.6) is 5.75 Å². The van der Waals surface area contributed by atoms with Gasteiger partial charge < -0.3 is 9.84 Å². The number of carbonyl (C=O) groups is 1. The third-order valence-corrected chi connectivity index (χ3v) is 3.22. The van der Waals surface area contributed by atoms with Gasteiger partial charge in [0, 0.05) is 6.42 Å². The molecule has 0 saturated carbocycles. The third kappa shape index (κ3) is 2.28. The van der Waals surface area contributed by atoms with Crippen LogP contribution >= 0.6 is 0 Å². The van der Waals surface area contributed by atoms with Gasteiger partial charge in [-0.05, 0) is 38.3 Å². The predicted molar refractivity (Wildman–Crippen MR) is 65.4 cm³/mol. The number of carboxylic acids is 1. The Hall–Kier alpha value is -1.51. The minimum atomic E-state index is -0.777. The molecule has 0 aliphatic carbocycles. The first kappa shape index (κ1) is 12.0. The van der Waals surface area contributed by atoms with Crippen molar-refractivity contribution in [2.24, 2.45) is 5.41 Å². The second-order valence-corrected chi connectivity index (χ2v) is 5.40. The Labute approximate surface area is 101 Å². The minimum Gasteiger partial charge on any atom is -0.490 e. The van der Waals surface area contributed by atoms with Crippen LogP contribution < -0.4 is 4.74 Å². The van der Waals surface area contributed by atoms with Crippen molar-refractivity contribution in [3.05, 3.63) is 29.3 Å². The van der Waals surface area contributed by atoms with Crippen LogP contribution in [0.1, 0.15) is 31.9 Å². The average molecular weight is 234 g/mol. The molecule has 3 nitrogen and oxygen atoms in total. The van der Waals surface area contributed by atoms with Crippen molar-refractivity contribution in [3.8, 4) is 5.75 Å². The van der Waals surface area contributed by atoms with Crippen molar-refractivity contribution in [3.63, 3.8) is 0 Å². The second kappa shape index (κ2) is 4.06. The van der Waals surface area contributed by atoms with Crippen molar-refractivity contribution in [1.29, 1.82) is 0 Å². The van der Waals surface area contributed by atoms with E-state index in [2.05, 4.69) is 6.07 Å². The lowest BCUT2D eigenvalue weighted by Crippen LogP contribution is -2.26. The van der Waals surface area contributed by atoms with Gasteiger partial charge in [0.15, 0.2) is 0 Å². The fourth-order valence-electron chi connectivity index (χ4n) is 2.19. The van der Waals surface area contributed by atoms with Gasteiger partial charge in [0.05, 0.1) is 5.41 Å². The Bertz CT molecular complexity index is 449. The normalized spacial score (nSPS) is 18.6. The Balaban J connectivity index is 2.30. The van der Waals surface area contributed by atoms with Gasteiger partial charge in [0.25, 0.3) is 0 Å². The van der Waals surface area contributed by atoms with Crippen LogP contribution in [0.15, 0.2) is 18.2 Å². The van der Waals surface area contributed by atoms with Crippen molar-refractivity contribution >= 4 is 5.97 Å². The van der Waals surface area contributed by atoms with E-state index in [1.807, 2.05) is 19.1 Å². The lowest BCUT2D eigenvalue weighted by atomic mass is 9.85. The number of hydrogen-bond acceptors (Lipinski definition) is 2. The number of benzene rings is 1. The number of carboxylic acid groups (broad SMARTS) is 1. The van der Waals surface area contributed by atoms with Crippen LogP contribution in [0.3, 0.4) is 0 Å². The number of aliphatic carboxylic acids is 1. The molecule has 1 aromatic rings. The van der Waals surface area contributed by atoms with E-state index in [1.54, 1.807) is 13.8 Å². The zero-order valence-electron chi connectivity index (χ0n) is 10.5. The van der Waals surface area contributed by atoms with E-state index in [4.69, 9.17) is 9.84 Å². The summed E-state index contributed by atoms with van der Waals surface area (Å²) in [6.45, 7) is 5.52. The summed E-state index contributed by atoms with van der Waals surface area (Å²) in [6.07, 6.45) is 1.61. The molecule has 0 radical (unpaired) electrons. The molecule has 0 aromatic heterocycles. The number of para-hydroxylation sites is 1. The highest BCUT2D eigenvalue weighted by Crippen LogP contribution is 2.36. The molecule has 2 rings (SSSR count). The van der Waals surface area contributed by atoms with Gasteiger partial charge in [0.2, 0.25) is 0 Å². The number of rotatable bonds is 3. The van der Waals surface area contributed by atoms with E-state index in [0.717, 1.165) is 17.7 Å². The van der Waals surface area contributed by atoms with Crippen molar-refractivity contribution in [2.45, 2.75) is 39.7 Å². The molecule has 3 heteroatoms. The highest BCUT2D eigenvalue weighted by Gasteiger charge is 2.30. The Morgan fingerprint density at radius 2 is 2.24 bits per heavy atom. The van der Waals surface area contributed by atoms with Crippen LogP contribution in [-0.2, 0) is 17.6 Å². The quantitative estimate of drug-likeness (QED) is 0.874. The van der Waals surface area contributed by atoms with Gasteiger partial charge >= 0.3 is 5.97 Å². The van der Waals surface area contributed by atoms with Gasteiger partial charge in [-0.25, -0.2) is 0 Å². The molecule has 0 saturated heterocycles. The molecule has 0 bridgehead atoms. The lowest BCUT2D eigenvalue weighted by molar-refractivity contribution is -0.146. The molecule has 0 fully saturated rings. The Morgan fingerprint density at radius 1 is 1.53 bits per heavy atom. The summed E-state index contributed by atoms with van der Waals surface area (Å²) >= 11 is 0. The topological polar surface area (TPSA) is 46.5 Å². The monoisotopic (exact) mass is 234 g/mol. The second-order valence-electron chi connectivity index (χ2n) is 5.40. The number of hydrogen-bond donors (Lipinski definition) is 1. The Morgan fingerprint density at radius 3 is 2.88 bits per heavy atom. The van der Waals surface area contributed by atoms with Crippen LogP contribution in [0.2, 0.25) is 0 Å². The standard InChI is InChI=1S/C14H18O3/c1-9-7-10-5-4-6-11(12(10)17-9)8-14(2,3)13(15)16/h4-6,9H,7-8H2,1-3H3,(H,15,16). The van der Waals surface area contributed by atoms with Crippen molar-refractivity contribution in [2.75, 3.05) is 0 Å². The summed E-state index contributed by atoms with van der Waals surface area (Å²) in [5, 5.41) is 9.16. The van der Waals surface area contributed by atoms with E-state index in [-0.39, 0.29) is 6.10 Å². The highest BCUT2D eigenvalue weighted by molar-refractivity contribution is 5.74. The molecule has 1 unspecified atom stereocenters. The van der Waals surface area contributed by atoms with Gasteiger partial charge in [-0.15, -0.1) is 0 Å². The van der Waals surface area contributed by atoms with E-state index in [0.29, 0.717) is 6.42 Å². The van der Waals surface area contributed by atoms with Gasteiger partial charge in [-0.2, -0.15) is 0 Å². The molecule has 1 aliphatic heterocycles. The maximum atomic E-state index is 11.1. The van der Waals surface area contributed by atoms with Crippen molar-refractivity contribution in [1.82, 2.24) is 0 Å². The number of fused-ring (bicyclic) bond motifs is 1. The van der Waals surface area contributed by atoms with Crippen molar-refractivity contribution < 1.29 is 14.6 Å². The summed E-state index contributed by atoms with van der Waals surface area (Å²) in [4.78, 5) is 11.1. The SMILES string of the molecule is CC1Cc2cccc(CC(C)(C)C(=O)O)c2O1. The van der Waals surface area contributed by atoms with Crippen LogP contribution in [0, 0.1) is 5.41 Å². The fourth-order valence-corrected chi connectivity index (χ4v) is 2.19. The molecule has 1 atom stereocenters. The van der Waals surface area contributed by atoms with Crippen LogP contribution in [0.4, 0.5) is 0 Å². The fraction of sp³-hybridized carbons (Fsp3) is 0.500. The molecule has 1 aliphatic rings. The molecule has 92 valence electrons. The largest absolute Gasteiger partial charge is 0.490 e. The molecule has 1 heterocycles. The minimum absolute atomic E-state index is 0.194. The van der Waals surface area contributed by atoms with Gasteiger partial charge in [-0.1, -0.05) is 18.2 Å². The molecule has 0 amide bonds. The van der Waals surface area contributed by atoms with Gasteiger partial charge in [0.1, 0.15) is 11.9 Å². The molecule has 1 aromatic carbocycles. The maximum absolute atomic E-state index is 11.1. The Kier molecular flexibility index (Phi) is 2.86. The summed E-state index contributed by atoms with van der Waals surface area (Å²) in [5.41, 5.74) is 1.43. The molecule has 17 heavy (non-hydrogen) atoms. The molecule has 0 spiro atoms. The van der Waals surface area contributed by atoms with Crippen LogP contribution in [0.25, 0.3) is 0 Å². The third-order valence-electron chi connectivity index (χ3n) is 3.22. The van der Waals surface area contributed by atoms with E-state index in [9.17, 15) is 4.79 Å². The first-order valence-corrected chi connectivity index (χ1v) is 5.91. The summed E-state index contributed by atoms with van der Waals surface area (Å²) in [6, 6.07) is 5.99. The van der Waals surface area contributed by atoms with Gasteiger partial charge in [-0.3, -0.25) is 4.79 Å². The summed E-state index contributed by atoms with van der Waals surface area (Å²) < 4.78 is 5.77. The maximum Gasteiger partial charge on any atom is 0.309 e. The lowest BCUT2D eigenvalue weighted by Gasteiger charge is -2.20. The molecular weight excluding hydrogens is 216 g/mol. The molecule has 1 N–H and O–H groups in total. The number of ether oxygens (including phenoxy) is 1. The van der Waals surface area contributed by atoms with Crippen LogP contribution in [-0.4, -0.2) is 17.2 Å². The summed E-state index contributed by atoms with van der Waals surface area (Å²) in [5.74, 6) is 0.121. The smallest absolute Gasteiger partial charge is 0.309 e. The predicted octanol–water partition coefficient (Wildman–Crippen LogP) is 2.66. The van der Waals surface area contributed by atoms with E-state index >= 15 is 0 Å². The zero-order valence-corrected chi connectivity index (χ0v) is 10.5. The summed E-state index contributed by atoms with van der Waals surface area (Å²) in [7, 11) is 0. The van der Waals surface area contributed by atoms with E-state index in [1.165, 1.54) is 5.56 Å².